The quantitative estimate of drug-likeness (QED) is 0.659. The summed E-state index contributed by atoms with van der Waals surface area (Å²) in [5, 5.41) is 10.7. The highest BCUT2D eigenvalue weighted by Gasteiger charge is 2.30. The highest BCUT2D eigenvalue weighted by molar-refractivity contribution is 6.30. The van der Waals surface area contributed by atoms with Gasteiger partial charge in [0.2, 0.25) is 0 Å². The topological polar surface area (TPSA) is 69.2 Å². The molecular formula is C9H9ClF2N2O2. The number of nitrogens with two attached hydrogens (primary N) is 1. The first-order chi connectivity index (χ1) is 7.35. The maximum atomic E-state index is 13.0. The number of nitro benzene ring substituents is 1. The van der Waals surface area contributed by atoms with Crippen molar-refractivity contribution in [3.8, 4) is 0 Å². The van der Waals surface area contributed by atoms with Crippen molar-refractivity contribution in [2.75, 3.05) is 6.54 Å². The fraction of sp³-hybridized carbons (Fsp3) is 0.333. The van der Waals surface area contributed by atoms with Gasteiger partial charge in [0, 0.05) is 23.1 Å². The summed E-state index contributed by atoms with van der Waals surface area (Å²) in [6, 6.07) is 3.59. The van der Waals surface area contributed by atoms with Gasteiger partial charge in [-0.05, 0) is 6.07 Å². The minimum Gasteiger partial charge on any atom is -0.325 e. The Morgan fingerprint density at radius 1 is 1.50 bits per heavy atom. The van der Waals surface area contributed by atoms with Gasteiger partial charge < -0.3 is 5.73 Å². The van der Waals surface area contributed by atoms with Crippen LogP contribution < -0.4 is 5.73 Å². The number of hydrogen-bond acceptors (Lipinski definition) is 3. The van der Waals surface area contributed by atoms with Crippen LogP contribution >= 0.6 is 11.6 Å². The van der Waals surface area contributed by atoms with Crippen LogP contribution in [0.4, 0.5) is 14.5 Å². The Balaban J connectivity index is 3.09. The number of rotatable bonds is 4. The lowest BCUT2D eigenvalue weighted by Crippen LogP contribution is -2.30. The summed E-state index contributed by atoms with van der Waals surface area (Å²) in [6.45, 7) is -0.854. The Morgan fingerprint density at radius 2 is 2.12 bits per heavy atom. The molecule has 0 saturated carbocycles. The van der Waals surface area contributed by atoms with Gasteiger partial charge in [0.15, 0.2) is 0 Å². The van der Waals surface area contributed by atoms with Crippen LogP contribution in [0.1, 0.15) is 5.56 Å². The van der Waals surface area contributed by atoms with Gasteiger partial charge in [-0.1, -0.05) is 17.7 Å². The Kier molecular flexibility index (Phi) is 3.77. The largest absolute Gasteiger partial charge is 0.325 e. The summed E-state index contributed by atoms with van der Waals surface area (Å²) in [5.74, 6) is -3.15. The molecule has 16 heavy (non-hydrogen) atoms. The third-order valence-electron chi connectivity index (χ3n) is 1.99. The Hall–Kier alpha value is -1.27. The molecule has 0 radical (unpaired) electrons. The SMILES string of the molecule is NCC(F)(F)Cc1ccc(Cl)cc1[N+](=O)[O-]. The first-order valence-electron chi connectivity index (χ1n) is 4.36. The second kappa shape index (κ2) is 4.71. The number of halogens is 3. The zero-order valence-electron chi connectivity index (χ0n) is 8.12. The minimum atomic E-state index is -3.15. The minimum absolute atomic E-state index is 0.0788. The second-order valence-electron chi connectivity index (χ2n) is 3.27. The molecule has 0 aliphatic rings. The van der Waals surface area contributed by atoms with Crippen LogP contribution in [0.3, 0.4) is 0 Å². The predicted octanol–water partition coefficient (Wildman–Crippen LogP) is 2.38. The van der Waals surface area contributed by atoms with Crippen molar-refractivity contribution < 1.29 is 13.7 Å². The van der Waals surface area contributed by atoms with E-state index in [1.807, 2.05) is 0 Å². The third-order valence-corrected chi connectivity index (χ3v) is 2.23. The predicted molar refractivity (Wildman–Crippen MR) is 55.8 cm³/mol. The fourth-order valence-corrected chi connectivity index (χ4v) is 1.37. The van der Waals surface area contributed by atoms with Gasteiger partial charge in [0.25, 0.3) is 11.6 Å². The van der Waals surface area contributed by atoms with E-state index in [-0.39, 0.29) is 10.6 Å². The smallest absolute Gasteiger partial charge is 0.274 e. The molecule has 0 unspecified atom stereocenters. The van der Waals surface area contributed by atoms with Crippen LogP contribution in [0, 0.1) is 10.1 Å². The molecule has 0 amide bonds. The molecule has 0 aliphatic carbocycles. The van der Waals surface area contributed by atoms with E-state index in [0.717, 1.165) is 6.07 Å². The van der Waals surface area contributed by atoms with E-state index in [9.17, 15) is 18.9 Å². The number of nitro groups is 1. The standard InChI is InChI=1S/C9H9ClF2N2O2/c10-7-2-1-6(4-9(11,12)5-13)8(3-7)14(15)16/h1-3H,4-5,13H2. The first kappa shape index (κ1) is 12.8. The highest BCUT2D eigenvalue weighted by atomic mass is 35.5. The molecule has 1 aromatic carbocycles. The van der Waals surface area contributed by atoms with Gasteiger partial charge in [-0.15, -0.1) is 0 Å². The van der Waals surface area contributed by atoms with E-state index >= 15 is 0 Å². The Morgan fingerprint density at radius 3 is 2.62 bits per heavy atom. The van der Waals surface area contributed by atoms with E-state index in [1.54, 1.807) is 0 Å². The van der Waals surface area contributed by atoms with E-state index in [1.165, 1.54) is 12.1 Å². The van der Waals surface area contributed by atoms with Gasteiger partial charge >= 0.3 is 0 Å². The van der Waals surface area contributed by atoms with Crippen LogP contribution in [0.5, 0.6) is 0 Å². The van der Waals surface area contributed by atoms with Crippen molar-refractivity contribution in [3.63, 3.8) is 0 Å². The molecule has 0 spiro atoms. The molecule has 4 nitrogen and oxygen atoms in total. The van der Waals surface area contributed by atoms with Crippen molar-refractivity contribution in [2.45, 2.75) is 12.3 Å². The Bertz CT molecular complexity index is 412. The summed E-state index contributed by atoms with van der Waals surface area (Å²) >= 11 is 5.55. The number of benzene rings is 1. The molecule has 1 aromatic rings. The Labute approximate surface area is 95.2 Å². The molecule has 88 valence electrons. The van der Waals surface area contributed by atoms with Crippen LogP contribution in [-0.2, 0) is 6.42 Å². The van der Waals surface area contributed by atoms with Gasteiger partial charge in [-0.25, -0.2) is 8.78 Å². The normalized spacial score (nSPS) is 11.5. The number of alkyl halides is 2. The number of hydrogen-bond donors (Lipinski definition) is 1. The summed E-state index contributed by atoms with van der Waals surface area (Å²) in [7, 11) is 0. The molecule has 0 saturated heterocycles. The van der Waals surface area contributed by atoms with E-state index in [4.69, 9.17) is 17.3 Å². The maximum Gasteiger partial charge on any atom is 0.274 e. The molecule has 0 atom stereocenters. The van der Waals surface area contributed by atoms with Crippen LogP contribution in [-0.4, -0.2) is 17.4 Å². The van der Waals surface area contributed by atoms with Gasteiger partial charge in [0.05, 0.1) is 11.5 Å². The molecule has 0 aromatic heterocycles. The summed E-state index contributed by atoms with van der Waals surface area (Å²) in [5.41, 5.74) is 4.37. The molecule has 0 aliphatic heterocycles. The molecular weight excluding hydrogens is 242 g/mol. The average Bonchev–Trinajstić information content (AvgIpc) is 2.20. The monoisotopic (exact) mass is 250 g/mol. The lowest BCUT2D eigenvalue weighted by atomic mass is 10.1. The molecule has 1 rings (SSSR count). The first-order valence-corrected chi connectivity index (χ1v) is 4.74. The second-order valence-corrected chi connectivity index (χ2v) is 3.70. The number of nitrogens with zero attached hydrogens (tertiary/aromatic N) is 1. The fourth-order valence-electron chi connectivity index (χ4n) is 1.21. The lowest BCUT2D eigenvalue weighted by molar-refractivity contribution is -0.385. The van der Waals surface area contributed by atoms with Crippen molar-refractivity contribution in [2.24, 2.45) is 5.73 Å². The molecule has 0 bridgehead atoms. The zero-order valence-corrected chi connectivity index (χ0v) is 8.88. The highest BCUT2D eigenvalue weighted by Crippen LogP contribution is 2.28. The van der Waals surface area contributed by atoms with E-state index in [2.05, 4.69) is 0 Å². The van der Waals surface area contributed by atoms with Crippen molar-refractivity contribution in [3.05, 3.63) is 38.9 Å². The molecule has 2 N–H and O–H groups in total. The average molecular weight is 251 g/mol. The summed E-state index contributed by atoms with van der Waals surface area (Å²) in [4.78, 5) is 9.88. The molecule has 0 fully saturated rings. The molecule has 7 heteroatoms. The third kappa shape index (κ3) is 3.11. The van der Waals surface area contributed by atoms with E-state index in [0.29, 0.717) is 0 Å². The summed E-state index contributed by atoms with van der Waals surface area (Å²) < 4.78 is 26.0. The van der Waals surface area contributed by atoms with Crippen molar-refractivity contribution in [1.29, 1.82) is 0 Å². The summed E-state index contributed by atoms with van der Waals surface area (Å²) in [6.07, 6.45) is -0.767. The molecule has 0 heterocycles. The van der Waals surface area contributed by atoms with Crippen LogP contribution in [0.25, 0.3) is 0 Å². The van der Waals surface area contributed by atoms with Gasteiger partial charge in [-0.2, -0.15) is 0 Å². The maximum absolute atomic E-state index is 13.0. The van der Waals surface area contributed by atoms with Crippen molar-refractivity contribution >= 4 is 17.3 Å². The van der Waals surface area contributed by atoms with E-state index < -0.39 is 29.5 Å². The van der Waals surface area contributed by atoms with Crippen LogP contribution in [0.2, 0.25) is 5.02 Å². The van der Waals surface area contributed by atoms with Crippen LogP contribution in [0.15, 0.2) is 18.2 Å². The van der Waals surface area contributed by atoms with Crippen molar-refractivity contribution in [1.82, 2.24) is 0 Å². The van der Waals surface area contributed by atoms with Gasteiger partial charge in [0.1, 0.15) is 0 Å². The van der Waals surface area contributed by atoms with Gasteiger partial charge in [-0.3, -0.25) is 10.1 Å². The lowest BCUT2D eigenvalue weighted by Gasteiger charge is -2.13. The zero-order chi connectivity index (χ0) is 12.3.